The summed E-state index contributed by atoms with van der Waals surface area (Å²) in [6.45, 7) is 5.03. The van der Waals surface area contributed by atoms with Crippen LogP contribution in [0.15, 0.2) is 91.0 Å². The van der Waals surface area contributed by atoms with Gasteiger partial charge in [0.1, 0.15) is 24.5 Å². The van der Waals surface area contributed by atoms with E-state index in [1.807, 2.05) is 66.7 Å². The monoisotopic (exact) mass is 701 g/mol. The third-order valence-electron chi connectivity index (χ3n) is 9.83. The smallest absolute Gasteiger partial charge is 0.415 e. The number of nitrogens with one attached hydrogen (secondary N) is 1. The Morgan fingerprint density at radius 2 is 1.71 bits per heavy atom. The first-order chi connectivity index (χ1) is 23.1. The molecule has 248 valence electrons. The zero-order valence-electron chi connectivity index (χ0n) is 26.6. The molecular formula is C36H36ClN3O6SSi. The van der Waals surface area contributed by atoms with Crippen LogP contribution in [0.2, 0.25) is 9.37 Å². The summed E-state index contributed by atoms with van der Waals surface area (Å²) in [7, 11) is -3.27. The number of hydrogen-bond donors (Lipinski definition) is 2. The minimum Gasteiger partial charge on any atom is -0.489 e. The molecule has 0 aliphatic carbocycles. The number of hydrogen-bond acceptors (Lipinski definition) is 7. The highest BCUT2D eigenvalue weighted by molar-refractivity contribution is 7.18. The van der Waals surface area contributed by atoms with E-state index in [0.29, 0.717) is 45.7 Å². The van der Waals surface area contributed by atoms with Gasteiger partial charge in [-0.1, -0.05) is 86.1 Å². The molecule has 1 aromatic heterocycles. The second-order valence-corrected chi connectivity index (χ2v) is 18.8. The second-order valence-electron chi connectivity index (χ2n) is 13.1. The summed E-state index contributed by atoms with van der Waals surface area (Å²) in [5, 5.41) is 4.12. The van der Waals surface area contributed by atoms with Crippen molar-refractivity contribution >= 4 is 70.9 Å². The number of amides is 3. The highest BCUT2D eigenvalue weighted by Gasteiger charge is 2.52. The first-order valence-corrected chi connectivity index (χ1v) is 19.2. The summed E-state index contributed by atoms with van der Waals surface area (Å²) in [5.41, 5.74) is 1.26. The molecule has 3 aliphatic rings. The Hall–Kier alpha value is -4.16. The van der Waals surface area contributed by atoms with Gasteiger partial charge < -0.3 is 24.5 Å². The van der Waals surface area contributed by atoms with E-state index in [-0.39, 0.29) is 30.9 Å². The van der Waals surface area contributed by atoms with Crippen LogP contribution in [0.4, 0.5) is 16.2 Å². The Bertz CT molecular complexity index is 1820. The van der Waals surface area contributed by atoms with E-state index >= 15 is 0 Å². The molecule has 2 saturated heterocycles. The van der Waals surface area contributed by atoms with Crippen molar-refractivity contribution in [2.45, 2.75) is 43.9 Å². The minimum atomic E-state index is -3.27. The second kappa shape index (κ2) is 12.7. The number of benzene rings is 3. The largest absolute Gasteiger partial charge is 0.489 e. The third kappa shape index (κ3) is 5.68. The SMILES string of the molecule is CC(C)(C[C@H]1CCN(c2ccc3c(c2)OC[C@H]2[C@H](CNC(=O)c4ccc(Cl)s4)OC(=O)N32)C1=O)[Si](O)(c1ccccc1)c1ccccc1. The van der Waals surface area contributed by atoms with Gasteiger partial charge in [-0.15, -0.1) is 11.3 Å². The molecule has 0 bridgehead atoms. The fourth-order valence-corrected chi connectivity index (χ4v) is 12.1. The fraction of sp³-hybridized carbons (Fsp3) is 0.306. The Balaban J connectivity index is 1.05. The first kappa shape index (κ1) is 32.4. The maximum Gasteiger partial charge on any atom is 0.415 e. The summed E-state index contributed by atoms with van der Waals surface area (Å²) in [4.78, 5) is 55.9. The highest BCUT2D eigenvalue weighted by atomic mass is 35.5. The summed E-state index contributed by atoms with van der Waals surface area (Å²) >= 11 is 7.14. The third-order valence-corrected chi connectivity index (χ3v) is 15.6. The Labute approximate surface area is 289 Å². The Morgan fingerprint density at radius 1 is 1.02 bits per heavy atom. The molecule has 3 amide bonds. The average Bonchev–Trinajstić information content (AvgIpc) is 3.79. The molecule has 3 aromatic carbocycles. The fourth-order valence-electron chi connectivity index (χ4n) is 7.34. The minimum absolute atomic E-state index is 0.0117. The van der Waals surface area contributed by atoms with Gasteiger partial charge >= 0.3 is 6.09 Å². The molecule has 0 unspecified atom stereocenters. The number of halogens is 1. The van der Waals surface area contributed by atoms with E-state index < -0.39 is 31.6 Å². The Morgan fingerprint density at radius 3 is 2.35 bits per heavy atom. The lowest BCUT2D eigenvalue weighted by atomic mass is 9.95. The number of carbonyl (C=O) groups excluding carboxylic acids is 3. The van der Waals surface area contributed by atoms with Crippen LogP contribution in [0.25, 0.3) is 0 Å². The van der Waals surface area contributed by atoms with Gasteiger partial charge in [0.05, 0.1) is 21.4 Å². The maximum absolute atomic E-state index is 14.0. The molecule has 4 heterocycles. The number of cyclic esters (lactones) is 1. The number of fused-ring (bicyclic) bond motifs is 3. The van der Waals surface area contributed by atoms with Gasteiger partial charge in [-0.05, 0) is 52.5 Å². The van der Waals surface area contributed by atoms with Crippen molar-refractivity contribution in [2.75, 3.05) is 29.5 Å². The molecule has 3 aliphatic heterocycles. The van der Waals surface area contributed by atoms with E-state index in [0.717, 1.165) is 10.4 Å². The molecule has 3 atom stereocenters. The molecule has 9 nitrogen and oxygen atoms in total. The standard InChI is InChI=1S/C36H36ClN3O6SSi/c1-36(2,48(44,25-9-5-3-6-10-25)26-11-7-4-8-12-26)20-23-17-18-39(34(23)42)24-13-14-27-29(19-24)45-22-28-30(46-35(43)40(27)28)21-38-33(41)31-15-16-32(37)47-31/h3-16,19,23,28,30,44H,17-18,20-22H2,1-2H3,(H,38,41)/t23-,28+,30+/m1/s1. The number of ether oxygens (including phenoxy) is 2. The molecule has 4 aromatic rings. The first-order valence-electron chi connectivity index (χ1n) is 16.0. The molecule has 7 rings (SSSR count). The van der Waals surface area contributed by atoms with Crippen LogP contribution in [0.3, 0.4) is 0 Å². The molecular weight excluding hydrogens is 666 g/mol. The number of nitrogens with zero attached hydrogens (tertiary/aromatic N) is 2. The summed E-state index contributed by atoms with van der Waals surface area (Å²) < 4.78 is 12.3. The van der Waals surface area contributed by atoms with Crippen LogP contribution >= 0.6 is 22.9 Å². The predicted octanol–water partition coefficient (Wildman–Crippen LogP) is 5.19. The van der Waals surface area contributed by atoms with E-state index in [1.54, 1.807) is 34.1 Å². The van der Waals surface area contributed by atoms with Crippen LogP contribution in [0, 0.1) is 5.92 Å². The van der Waals surface area contributed by atoms with Crippen LogP contribution in [-0.4, -0.2) is 62.9 Å². The van der Waals surface area contributed by atoms with E-state index in [1.165, 1.54) is 11.3 Å². The quantitative estimate of drug-likeness (QED) is 0.233. The van der Waals surface area contributed by atoms with Gasteiger partial charge in [0.15, 0.2) is 0 Å². The van der Waals surface area contributed by atoms with Crippen LogP contribution in [0.1, 0.15) is 36.4 Å². The van der Waals surface area contributed by atoms with Crippen LogP contribution < -0.4 is 30.2 Å². The van der Waals surface area contributed by atoms with Gasteiger partial charge in [-0.2, -0.15) is 0 Å². The van der Waals surface area contributed by atoms with Crippen LogP contribution in [0.5, 0.6) is 5.75 Å². The van der Waals surface area contributed by atoms with E-state index in [2.05, 4.69) is 19.2 Å². The lowest BCUT2D eigenvalue weighted by Crippen LogP contribution is -2.65. The van der Waals surface area contributed by atoms with E-state index in [9.17, 15) is 19.2 Å². The molecule has 2 fully saturated rings. The number of rotatable bonds is 9. The zero-order chi connectivity index (χ0) is 33.6. The maximum atomic E-state index is 14.0. The molecule has 0 saturated carbocycles. The molecule has 0 spiro atoms. The molecule has 0 radical (unpaired) electrons. The van der Waals surface area contributed by atoms with Gasteiger partial charge in [0.25, 0.3) is 14.2 Å². The lowest BCUT2D eigenvalue weighted by Gasteiger charge is -2.42. The van der Waals surface area contributed by atoms with Crippen LogP contribution in [-0.2, 0) is 9.53 Å². The highest BCUT2D eigenvalue weighted by Crippen LogP contribution is 2.46. The van der Waals surface area contributed by atoms with E-state index in [4.69, 9.17) is 21.1 Å². The van der Waals surface area contributed by atoms with Gasteiger partial charge in [-0.25, -0.2) is 4.79 Å². The van der Waals surface area contributed by atoms with Crippen molar-refractivity contribution in [3.05, 3.63) is 100 Å². The average molecular weight is 702 g/mol. The molecule has 48 heavy (non-hydrogen) atoms. The van der Waals surface area contributed by atoms with Crippen molar-refractivity contribution in [1.29, 1.82) is 0 Å². The molecule has 2 N–H and O–H groups in total. The van der Waals surface area contributed by atoms with Crippen molar-refractivity contribution in [1.82, 2.24) is 5.32 Å². The van der Waals surface area contributed by atoms with Gasteiger partial charge in [-0.3, -0.25) is 14.5 Å². The molecule has 12 heteroatoms. The normalized spacial score (nSPS) is 20.6. The summed E-state index contributed by atoms with van der Waals surface area (Å²) in [6, 6.07) is 28.0. The number of anilines is 2. The van der Waals surface area contributed by atoms with Crippen molar-refractivity contribution in [3.63, 3.8) is 0 Å². The van der Waals surface area contributed by atoms with Crippen molar-refractivity contribution in [2.24, 2.45) is 5.92 Å². The number of thiophene rings is 1. The predicted molar refractivity (Wildman–Crippen MR) is 189 cm³/mol. The topological polar surface area (TPSA) is 108 Å². The lowest BCUT2D eigenvalue weighted by molar-refractivity contribution is -0.120. The summed E-state index contributed by atoms with van der Waals surface area (Å²) in [5.74, 6) is -0.0439. The number of carbonyl (C=O) groups is 3. The van der Waals surface area contributed by atoms with Crippen molar-refractivity contribution < 1.29 is 28.7 Å². The zero-order valence-corrected chi connectivity index (χ0v) is 29.2. The van der Waals surface area contributed by atoms with Crippen molar-refractivity contribution in [3.8, 4) is 5.75 Å². The Kier molecular flexibility index (Phi) is 8.57. The summed E-state index contributed by atoms with van der Waals surface area (Å²) in [6.07, 6.45) is 0.0984. The van der Waals surface area contributed by atoms with Gasteiger partial charge in [0.2, 0.25) is 5.91 Å². The van der Waals surface area contributed by atoms with Gasteiger partial charge in [0, 0.05) is 24.2 Å².